The molecule has 0 aliphatic rings. The Hall–Kier alpha value is -1.67. The van der Waals surface area contributed by atoms with Crippen molar-refractivity contribution in [2.45, 2.75) is 0 Å². The highest BCUT2D eigenvalue weighted by molar-refractivity contribution is 6.30. The molecule has 0 aliphatic carbocycles. The van der Waals surface area contributed by atoms with Crippen LogP contribution in [-0.2, 0) is 0 Å². The van der Waals surface area contributed by atoms with E-state index in [1.165, 1.54) is 6.07 Å². The van der Waals surface area contributed by atoms with Crippen LogP contribution < -0.4 is 0 Å². The largest absolute Gasteiger partial charge is 0.504 e. The lowest BCUT2D eigenvalue weighted by Gasteiger charge is -2.05. The van der Waals surface area contributed by atoms with Crippen molar-refractivity contribution in [3.05, 3.63) is 47.5 Å². The minimum atomic E-state index is -0.123. The van der Waals surface area contributed by atoms with Gasteiger partial charge in [0.25, 0.3) is 0 Å². The van der Waals surface area contributed by atoms with Gasteiger partial charge in [0.1, 0.15) is 0 Å². The molecule has 2 aromatic rings. The van der Waals surface area contributed by atoms with Gasteiger partial charge in [0.15, 0.2) is 11.5 Å². The third-order valence-corrected chi connectivity index (χ3v) is 2.42. The Kier molecular flexibility index (Phi) is 2.52. The van der Waals surface area contributed by atoms with E-state index in [4.69, 9.17) is 11.6 Å². The highest BCUT2D eigenvalue weighted by Crippen LogP contribution is 2.36. The van der Waals surface area contributed by atoms with Gasteiger partial charge in [-0.05, 0) is 23.8 Å². The Labute approximate surface area is 92.4 Å². The summed E-state index contributed by atoms with van der Waals surface area (Å²) in [7, 11) is 0. The van der Waals surface area contributed by atoms with E-state index in [1.54, 1.807) is 36.4 Å². The first-order valence-electron chi connectivity index (χ1n) is 4.45. The number of hydrogen-bond donors (Lipinski definition) is 2. The van der Waals surface area contributed by atoms with Gasteiger partial charge in [-0.1, -0.05) is 35.9 Å². The summed E-state index contributed by atoms with van der Waals surface area (Å²) in [5.41, 5.74) is 1.40. The van der Waals surface area contributed by atoms with Crippen molar-refractivity contribution in [1.82, 2.24) is 0 Å². The molecule has 0 unspecified atom stereocenters. The van der Waals surface area contributed by atoms with Crippen LogP contribution in [0.2, 0.25) is 5.02 Å². The van der Waals surface area contributed by atoms with Crippen LogP contribution in [0.5, 0.6) is 11.5 Å². The minimum Gasteiger partial charge on any atom is -0.504 e. The lowest BCUT2D eigenvalue weighted by atomic mass is 10.0. The maximum atomic E-state index is 9.64. The van der Waals surface area contributed by atoms with Crippen LogP contribution in [0.1, 0.15) is 0 Å². The average molecular weight is 221 g/mol. The Morgan fingerprint density at radius 3 is 2.20 bits per heavy atom. The molecule has 0 saturated heterocycles. The summed E-state index contributed by atoms with van der Waals surface area (Å²) in [5, 5.41) is 19.6. The van der Waals surface area contributed by atoms with Crippen LogP contribution in [-0.4, -0.2) is 10.2 Å². The molecule has 2 aromatic carbocycles. The van der Waals surface area contributed by atoms with Crippen LogP contribution in [0, 0.1) is 0 Å². The maximum absolute atomic E-state index is 9.64. The normalized spacial score (nSPS) is 10.2. The molecular formula is C12H9ClO2. The quantitative estimate of drug-likeness (QED) is 0.723. The van der Waals surface area contributed by atoms with Crippen molar-refractivity contribution in [1.29, 1.82) is 0 Å². The fraction of sp³-hybridized carbons (Fsp3) is 0. The molecule has 2 nitrogen and oxygen atoms in total. The van der Waals surface area contributed by atoms with Gasteiger partial charge in [-0.25, -0.2) is 0 Å². The highest BCUT2D eigenvalue weighted by Gasteiger charge is 2.07. The summed E-state index contributed by atoms with van der Waals surface area (Å²) >= 11 is 5.76. The maximum Gasteiger partial charge on any atom is 0.165 e. The van der Waals surface area contributed by atoms with Crippen LogP contribution in [0.4, 0.5) is 0 Å². The molecule has 0 aromatic heterocycles. The molecule has 2 rings (SSSR count). The second-order valence-electron chi connectivity index (χ2n) is 3.18. The Morgan fingerprint density at radius 2 is 1.53 bits per heavy atom. The first kappa shape index (κ1) is 9.87. The van der Waals surface area contributed by atoms with Crippen LogP contribution in [0.15, 0.2) is 42.5 Å². The lowest BCUT2D eigenvalue weighted by Crippen LogP contribution is -1.79. The zero-order valence-electron chi connectivity index (χ0n) is 7.81. The summed E-state index contributed by atoms with van der Waals surface area (Å²) in [4.78, 5) is 0. The summed E-state index contributed by atoms with van der Waals surface area (Å²) in [6.45, 7) is 0. The van der Waals surface area contributed by atoms with Crippen molar-refractivity contribution in [3.63, 3.8) is 0 Å². The molecule has 0 saturated carbocycles. The fourth-order valence-electron chi connectivity index (χ4n) is 1.39. The fourth-order valence-corrected chi connectivity index (χ4v) is 1.52. The smallest absolute Gasteiger partial charge is 0.165 e. The topological polar surface area (TPSA) is 40.5 Å². The number of halogens is 1. The second kappa shape index (κ2) is 3.83. The van der Waals surface area contributed by atoms with Crippen molar-refractivity contribution >= 4 is 11.6 Å². The average Bonchev–Trinajstić information content (AvgIpc) is 2.24. The molecule has 15 heavy (non-hydrogen) atoms. The van der Waals surface area contributed by atoms with Gasteiger partial charge in [-0.15, -0.1) is 0 Å². The van der Waals surface area contributed by atoms with E-state index in [-0.39, 0.29) is 11.5 Å². The molecule has 0 spiro atoms. The predicted octanol–water partition coefficient (Wildman–Crippen LogP) is 3.42. The molecule has 0 radical (unpaired) electrons. The highest BCUT2D eigenvalue weighted by atomic mass is 35.5. The summed E-state index contributed by atoms with van der Waals surface area (Å²) in [6, 6.07) is 11.9. The van der Waals surface area contributed by atoms with Crippen molar-refractivity contribution in [2.75, 3.05) is 0 Å². The molecule has 76 valence electrons. The van der Waals surface area contributed by atoms with E-state index in [2.05, 4.69) is 0 Å². The molecule has 0 atom stereocenters. The zero-order valence-corrected chi connectivity index (χ0v) is 8.57. The first-order chi connectivity index (χ1) is 7.18. The zero-order chi connectivity index (χ0) is 10.8. The van der Waals surface area contributed by atoms with Gasteiger partial charge in [-0.2, -0.15) is 0 Å². The number of phenols is 2. The molecule has 2 N–H and O–H groups in total. The van der Waals surface area contributed by atoms with E-state index >= 15 is 0 Å². The first-order valence-corrected chi connectivity index (χ1v) is 4.83. The van der Waals surface area contributed by atoms with Crippen molar-refractivity contribution in [2.24, 2.45) is 0 Å². The number of hydrogen-bond acceptors (Lipinski definition) is 2. The lowest BCUT2D eigenvalue weighted by molar-refractivity contribution is 0.405. The summed E-state index contributed by atoms with van der Waals surface area (Å²) in [6.07, 6.45) is 0. The second-order valence-corrected chi connectivity index (χ2v) is 3.62. The molecule has 3 heteroatoms. The van der Waals surface area contributed by atoms with Gasteiger partial charge in [-0.3, -0.25) is 0 Å². The predicted molar refractivity (Wildman–Crippen MR) is 60.2 cm³/mol. The SMILES string of the molecule is Oc1cccc(-c2ccc(Cl)cc2)c1O. The van der Waals surface area contributed by atoms with Gasteiger partial charge in [0.2, 0.25) is 0 Å². The monoisotopic (exact) mass is 220 g/mol. The van der Waals surface area contributed by atoms with E-state index < -0.39 is 0 Å². The van der Waals surface area contributed by atoms with E-state index in [1.807, 2.05) is 0 Å². The number of phenolic OH excluding ortho intramolecular Hbond substituents is 2. The van der Waals surface area contributed by atoms with Crippen molar-refractivity contribution in [3.8, 4) is 22.6 Å². The molecule has 0 amide bonds. The third-order valence-electron chi connectivity index (χ3n) is 2.17. The van der Waals surface area contributed by atoms with Crippen molar-refractivity contribution < 1.29 is 10.2 Å². The molecular weight excluding hydrogens is 212 g/mol. The molecule has 0 aliphatic heterocycles. The number of para-hydroxylation sites is 1. The number of rotatable bonds is 1. The molecule has 0 heterocycles. The van der Waals surface area contributed by atoms with Gasteiger partial charge in [0.05, 0.1) is 0 Å². The van der Waals surface area contributed by atoms with E-state index in [0.717, 1.165) is 5.56 Å². The Morgan fingerprint density at radius 1 is 0.867 bits per heavy atom. The molecule has 0 bridgehead atoms. The van der Waals surface area contributed by atoms with Crippen LogP contribution >= 0.6 is 11.6 Å². The van der Waals surface area contributed by atoms with Gasteiger partial charge < -0.3 is 10.2 Å². The number of benzene rings is 2. The Bertz CT molecular complexity index is 477. The summed E-state index contributed by atoms with van der Waals surface area (Å²) < 4.78 is 0. The third kappa shape index (κ3) is 1.90. The van der Waals surface area contributed by atoms with Gasteiger partial charge in [0, 0.05) is 10.6 Å². The Balaban J connectivity index is 2.54. The van der Waals surface area contributed by atoms with E-state index in [0.29, 0.717) is 10.6 Å². The van der Waals surface area contributed by atoms with Crippen LogP contribution in [0.3, 0.4) is 0 Å². The number of aromatic hydroxyl groups is 2. The van der Waals surface area contributed by atoms with Gasteiger partial charge >= 0.3 is 0 Å². The molecule has 0 fully saturated rings. The van der Waals surface area contributed by atoms with Crippen LogP contribution in [0.25, 0.3) is 11.1 Å². The summed E-state index contributed by atoms with van der Waals surface area (Å²) in [5.74, 6) is -0.234. The minimum absolute atomic E-state index is 0.111. The van der Waals surface area contributed by atoms with E-state index in [9.17, 15) is 10.2 Å². The standard InChI is InChI=1S/C12H9ClO2/c13-9-6-4-8(5-7-9)10-2-1-3-11(14)12(10)15/h1-7,14-15H.